The van der Waals surface area contributed by atoms with Crippen molar-refractivity contribution in [1.82, 2.24) is 9.88 Å². The van der Waals surface area contributed by atoms with Gasteiger partial charge in [0.15, 0.2) is 0 Å². The molecular weight excluding hydrogens is 560 g/mol. The third-order valence-electron chi connectivity index (χ3n) is 6.97. The first-order chi connectivity index (χ1) is 20.6. The number of likely N-dealkylation sites (tertiary alicyclic amines) is 1. The molecule has 1 atom stereocenters. The van der Waals surface area contributed by atoms with E-state index in [4.69, 9.17) is 19.9 Å². The highest BCUT2D eigenvalue weighted by Gasteiger charge is 2.32. The Hall–Kier alpha value is -5.03. The van der Waals surface area contributed by atoms with Crippen LogP contribution in [0, 0.1) is 18.6 Å². The minimum atomic E-state index is -1.31. The molecule has 0 radical (unpaired) electrons. The number of benzene rings is 3. The molecule has 0 bridgehead atoms. The molecule has 1 aliphatic rings. The number of carbonyl (C=O) groups excluding carboxylic acids is 1. The van der Waals surface area contributed by atoms with Gasteiger partial charge in [0.2, 0.25) is 23.3 Å². The van der Waals surface area contributed by atoms with Gasteiger partial charge in [0.25, 0.3) is 11.8 Å². The quantitative estimate of drug-likeness (QED) is 0.241. The Balaban J connectivity index is 1.54. The molecule has 9 nitrogen and oxygen atoms in total. The molecule has 1 fully saturated rings. The van der Waals surface area contributed by atoms with Crippen LogP contribution in [0.15, 0.2) is 66.7 Å². The summed E-state index contributed by atoms with van der Waals surface area (Å²) in [7, 11) is 0. The number of hydrogen-bond acceptors (Lipinski definition) is 7. The zero-order valence-corrected chi connectivity index (χ0v) is 23.5. The molecule has 1 unspecified atom stereocenters. The summed E-state index contributed by atoms with van der Waals surface area (Å²) >= 11 is 0. The average molecular weight is 590 g/mol. The summed E-state index contributed by atoms with van der Waals surface area (Å²) in [5.74, 6) is -6.21. The van der Waals surface area contributed by atoms with Crippen LogP contribution in [0.2, 0.25) is 0 Å². The number of nitrogens with two attached hydrogens (primary N) is 1. The molecule has 1 aliphatic heterocycles. The lowest BCUT2D eigenvalue weighted by Crippen LogP contribution is -2.29. The summed E-state index contributed by atoms with van der Waals surface area (Å²) < 4.78 is 48.8. The lowest BCUT2D eigenvalue weighted by molar-refractivity contribution is -0.128. The fourth-order valence-corrected chi connectivity index (χ4v) is 4.72. The number of halogens is 2. The van der Waals surface area contributed by atoms with E-state index < -0.39 is 41.2 Å². The number of hydrogen-bond donors (Lipinski definition) is 2. The number of aryl methyl sites for hydroxylation is 1. The van der Waals surface area contributed by atoms with Gasteiger partial charge in [-0.3, -0.25) is 4.79 Å². The number of carbonyl (C=O) groups is 2. The molecule has 1 saturated heterocycles. The predicted molar refractivity (Wildman–Crippen MR) is 153 cm³/mol. The van der Waals surface area contributed by atoms with E-state index in [1.54, 1.807) is 31.2 Å². The highest BCUT2D eigenvalue weighted by molar-refractivity contribution is 5.91. The minimum absolute atomic E-state index is 0.133. The number of pyridine rings is 1. The van der Waals surface area contributed by atoms with Gasteiger partial charge in [-0.2, -0.15) is 13.8 Å². The van der Waals surface area contributed by atoms with Gasteiger partial charge >= 0.3 is 5.97 Å². The maximum Gasteiger partial charge on any atom is 0.339 e. The summed E-state index contributed by atoms with van der Waals surface area (Å²) in [6.45, 7) is 3.96. The van der Waals surface area contributed by atoms with Gasteiger partial charge in [-0.05, 0) is 59.5 Å². The smallest absolute Gasteiger partial charge is 0.339 e. The van der Waals surface area contributed by atoms with Gasteiger partial charge in [0.05, 0.1) is 6.54 Å². The molecule has 5 rings (SSSR count). The second kappa shape index (κ2) is 12.5. The molecule has 43 heavy (non-hydrogen) atoms. The van der Waals surface area contributed by atoms with E-state index in [9.17, 15) is 14.7 Å². The van der Waals surface area contributed by atoms with Crippen molar-refractivity contribution in [1.29, 1.82) is 0 Å². The van der Waals surface area contributed by atoms with Crippen molar-refractivity contribution in [2.75, 3.05) is 13.1 Å². The molecule has 1 amide bonds. The van der Waals surface area contributed by atoms with Crippen molar-refractivity contribution in [2.24, 2.45) is 5.73 Å². The normalized spacial score (nSPS) is 14.4. The third-order valence-corrected chi connectivity index (χ3v) is 6.97. The molecule has 0 aliphatic carbocycles. The second-order valence-corrected chi connectivity index (χ2v) is 10.1. The van der Waals surface area contributed by atoms with E-state index >= 15 is 8.78 Å². The molecule has 3 N–H and O–H groups in total. The number of rotatable bonds is 9. The maximum atomic E-state index is 15.8. The first-order valence-electron chi connectivity index (χ1n) is 13.5. The largest absolute Gasteiger partial charge is 0.482 e. The van der Waals surface area contributed by atoms with Gasteiger partial charge in [-0.25, -0.2) is 4.79 Å². The molecular formula is C32H29F2N3O6. The SMILES string of the molecule is CC(=O)N1CCC(Oc2c(F)c(Oc3cccc(-c4cccc(CN)c4)c3)nc(Oc3cc(C)ccc3C(=O)O)c2F)C1. The van der Waals surface area contributed by atoms with Crippen LogP contribution >= 0.6 is 0 Å². The standard InChI is InChI=1S/C32H29F2N3O6/c1-18-9-10-25(32(39)40)26(13-18)43-31-28(34)29(41-24-11-12-37(17-24)19(2)38)27(33)30(36-31)42-23-8-4-7-22(15-23)21-6-3-5-20(14-21)16-35/h3-10,13-15,24H,11-12,16-17,35H2,1-2H3,(H,39,40). The predicted octanol–water partition coefficient (Wildman–Crippen LogP) is 6.08. The Labute approximate surface area is 246 Å². The van der Waals surface area contributed by atoms with E-state index in [0.29, 0.717) is 25.1 Å². The topological polar surface area (TPSA) is 124 Å². The van der Waals surface area contributed by atoms with Crippen molar-refractivity contribution < 1.29 is 37.7 Å². The molecule has 4 aromatic rings. The lowest BCUT2D eigenvalue weighted by atomic mass is 10.0. The fourth-order valence-electron chi connectivity index (χ4n) is 4.72. The Morgan fingerprint density at radius 1 is 1.00 bits per heavy atom. The second-order valence-electron chi connectivity index (χ2n) is 10.1. The van der Waals surface area contributed by atoms with Crippen LogP contribution in [-0.4, -0.2) is 46.1 Å². The molecule has 11 heteroatoms. The summed E-state index contributed by atoms with van der Waals surface area (Å²) in [5, 5.41) is 9.62. The summed E-state index contributed by atoms with van der Waals surface area (Å²) in [6, 6.07) is 18.6. The van der Waals surface area contributed by atoms with Crippen LogP contribution < -0.4 is 19.9 Å². The maximum absolute atomic E-state index is 15.8. The van der Waals surface area contributed by atoms with E-state index in [1.807, 2.05) is 30.3 Å². The van der Waals surface area contributed by atoms with E-state index in [2.05, 4.69) is 4.98 Å². The zero-order valence-electron chi connectivity index (χ0n) is 23.5. The molecule has 0 spiro atoms. The van der Waals surface area contributed by atoms with Crippen molar-refractivity contribution in [3.05, 3.63) is 95.1 Å². The van der Waals surface area contributed by atoms with Crippen molar-refractivity contribution in [3.8, 4) is 40.1 Å². The van der Waals surface area contributed by atoms with Crippen LogP contribution in [0.1, 0.15) is 34.8 Å². The van der Waals surface area contributed by atoms with Gasteiger partial charge in [-0.1, -0.05) is 36.4 Å². The Bertz CT molecular complexity index is 1700. The summed E-state index contributed by atoms with van der Waals surface area (Å²) in [5.41, 5.74) is 8.70. The van der Waals surface area contributed by atoms with Gasteiger partial charge in [0, 0.05) is 26.4 Å². The van der Waals surface area contributed by atoms with Crippen LogP contribution in [-0.2, 0) is 11.3 Å². The van der Waals surface area contributed by atoms with Crippen LogP contribution in [0.3, 0.4) is 0 Å². The molecule has 1 aromatic heterocycles. The Morgan fingerprint density at radius 3 is 2.37 bits per heavy atom. The van der Waals surface area contributed by atoms with E-state index in [1.165, 1.54) is 24.0 Å². The molecule has 222 valence electrons. The number of carboxylic acid groups (broad SMARTS) is 1. The highest BCUT2D eigenvalue weighted by atomic mass is 19.1. The highest BCUT2D eigenvalue weighted by Crippen LogP contribution is 2.40. The minimum Gasteiger partial charge on any atom is -0.482 e. The summed E-state index contributed by atoms with van der Waals surface area (Å²) in [4.78, 5) is 29.1. The van der Waals surface area contributed by atoms with Crippen molar-refractivity contribution >= 4 is 11.9 Å². The monoisotopic (exact) mass is 589 g/mol. The van der Waals surface area contributed by atoms with Gasteiger partial charge in [-0.15, -0.1) is 0 Å². The lowest BCUT2D eigenvalue weighted by Gasteiger charge is -2.19. The molecule has 0 saturated carbocycles. The number of nitrogens with zero attached hydrogens (tertiary/aromatic N) is 2. The fraction of sp³-hybridized carbons (Fsp3) is 0.219. The number of ether oxygens (including phenoxy) is 3. The third kappa shape index (κ3) is 6.57. The van der Waals surface area contributed by atoms with Gasteiger partial charge < -0.3 is 30.0 Å². The van der Waals surface area contributed by atoms with Crippen molar-refractivity contribution in [2.45, 2.75) is 32.9 Å². The number of aromatic nitrogens is 1. The molecule has 3 aromatic carbocycles. The van der Waals surface area contributed by atoms with Crippen molar-refractivity contribution in [3.63, 3.8) is 0 Å². The van der Waals surface area contributed by atoms with E-state index in [0.717, 1.165) is 16.7 Å². The number of amides is 1. The zero-order chi connectivity index (χ0) is 30.7. The van der Waals surface area contributed by atoms with Crippen LogP contribution in [0.25, 0.3) is 11.1 Å². The Kier molecular flexibility index (Phi) is 8.53. The Morgan fingerprint density at radius 2 is 1.70 bits per heavy atom. The molecule has 2 heterocycles. The van der Waals surface area contributed by atoms with Crippen LogP contribution in [0.5, 0.6) is 29.0 Å². The first-order valence-corrected chi connectivity index (χ1v) is 13.5. The summed E-state index contributed by atoms with van der Waals surface area (Å²) in [6.07, 6.45) is -0.360. The number of carboxylic acids is 1. The van der Waals surface area contributed by atoms with E-state index in [-0.39, 0.29) is 29.5 Å². The average Bonchev–Trinajstić information content (AvgIpc) is 3.47. The van der Waals surface area contributed by atoms with Gasteiger partial charge in [0.1, 0.15) is 23.2 Å². The first kappa shape index (κ1) is 29.5. The number of aromatic carboxylic acids is 1. The van der Waals surface area contributed by atoms with Crippen LogP contribution in [0.4, 0.5) is 8.78 Å².